The van der Waals surface area contributed by atoms with Crippen molar-refractivity contribution in [3.05, 3.63) is 35.4 Å². The molecule has 1 aromatic rings. The third-order valence-electron chi connectivity index (χ3n) is 2.50. The second kappa shape index (κ2) is 5.66. The third-order valence-corrected chi connectivity index (χ3v) is 2.50. The maximum Gasteiger partial charge on any atom is 0.338 e. The Balaban J connectivity index is 2.90. The normalized spacial score (nSPS) is 12.6. The van der Waals surface area contributed by atoms with Crippen LogP contribution >= 0.6 is 0 Å². The predicted octanol–water partition coefficient (Wildman–Crippen LogP) is 2.52. The van der Waals surface area contributed by atoms with Gasteiger partial charge in [0.1, 0.15) is 0 Å². The quantitative estimate of drug-likeness (QED) is 0.795. The van der Waals surface area contributed by atoms with Crippen LogP contribution in [0, 0.1) is 5.92 Å². The Labute approximate surface area is 96.6 Å². The van der Waals surface area contributed by atoms with Crippen molar-refractivity contribution >= 4 is 5.97 Å². The lowest BCUT2D eigenvalue weighted by atomic mass is 9.96. The molecule has 1 atom stereocenters. The molecule has 0 aliphatic heterocycles. The van der Waals surface area contributed by atoms with E-state index < -0.39 is 0 Å². The van der Waals surface area contributed by atoms with Gasteiger partial charge in [-0.1, -0.05) is 26.0 Å². The summed E-state index contributed by atoms with van der Waals surface area (Å²) in [4.78, 5) is 11.5. The lowest BCUT2D eigenvalue weighted by Crippen LogP contribution is -2.17. The number of hydrogen-bond acceptors (Lipinski definition) is 3. The Hall–Kier alpha value is -1.35. The molecule has 0 amide bonds. The Bertz CT molecular complexity index is 361. The maximum atomic E-state index is 11.5. The zero-order chi connectivity index (χ0) is 12.1. The Morgan fingerprint density at radius 1 is 1.44 bits per heavy atom. The average Bonchev–Trinajstić information content (AvgIpc) is 2.28. The van der Waals surface area contributed by atoms with Crippen molar-refractivity contribution in [1.82, 2.24) is 0 Å². The molecule has 0 spiro atoms. The van der Waals surface area contributed by atoms with E-state index in [0.29, 0.717) is 18.1 Å². The molecule has 2 N–H and O–H groups in total. The van der Waals surface area contributed by atoms with E-state index in [0.717, 1.165) is 5.56 Å². The molecule has 0 saturated heterocycles. The smallest absolute Gasteiger partial charge is 0.338 e. The lowest BCUT2D eigenvalue weighted by Gasteiger charge is -2.16. The van der Waals surface area contributed by atoms with Crippen LogP contribution in [0.2, 0.25) is 0 Å². The highest BCUT2D eigenvalue weighted by Crippen LogP contribution is 2.19. The first-order chi connectivity index (χ1) is 7.56. The molecule has 0 aliphatic carbocycles. The van der Waals surface area contributed by atoms with E-state index in [2.05, 4.69) is 13.8 Å². The van der Waals surface area contributed by atoms with Crippen LogP contribution in [0.15, 0.2) is 24.3 Å². The summed E-state index contributed by atoms with van der Waals surface area (Å²) in [5.74, 6) is 0.0535. The van der Waals surface area contributed by atoms with Crippen LogP contribution in [0.3, 0.4) is 0 Å². The van der Waals surface area contributed by atoms with E-state index in [-0.39, 0.29) is 12.0 Å². The van der Waals surface area contributed by atoms with Crippen LogP contribution in [0.1, 0.15) is 42.7 Å². The van der Waals surface area contributed by atoms with E-state index >= 15 is 0 Å². The highest BCUT2D eigenvalue weighted by molar-refractivity contribution is 5.89. The Morgan fingerprint density at radius 2 is 2.12 bits per heavy atom. The van der Waals surface area contributed by atoms with Gasteiger partial charge >= 0.3 is 5.97 Å². The summed E-state index contributed by atoms with van der Waals surface area (Å²) in [7, 11) is 0. The van der Waals surface area contributed by atoms with Crippen LogP contribution in [0.25, 0.3) is 0 Å². The molecule has 3 heteroatoms. The van der Waals surface area contributed by atoms with Crippen molar-refractivity contribution in [2.24, 2.45) is 11.7 Å². The minimum atomic E-state index is -0.291. The van der Waals surface area contributed by atoms with E-state index in [1.165, 1.54) is 0 Å². The number of benzene rings is 1. The highest BCUT2D eigenvalue weighted by Gasteiger charge is 2.13. The zero-order valence-corrected chi connectivity index (χ0v) is 10.1. The minimum Gasteiger partial charge on any atom is -0.462 e. The van der Waals surface area contributed by atoms with Gasteiger partial charge in [0.25, 0.3) is 0 Å². The molecule has 1 unspecified atom stereocenters. The van der Waals surface area contributed by atoms with Gasteiger partial charge in [-0.15, -0.1) is 0 Å². The number of carbonyl (C=O) groups is 1. The molecule has 3 nitrogen and oxygen atoms in total. The number of esters is 1. The molecule has 16 heavy (non-hydrogen) atoms. The van der Waals surface area contributed by atoms with Gasteiger partial charge in [-0.05, 0) is 30.5 Å². The van der Waals surface area contributed by atoms with Gasteiger partial charge < -0.3 is 10.5 Å². The van der Waals surface area contributed by atoms with Gasteiger partial charge in [0.05, 0.1) is 12.2 Å². The van der Waals surface area contributed by atoms with E-state index in [1.807, 2.05) is 18.2 Å². The summed E-state index contributed by atoms with van der Waals surface area (Å²) in [5, 5.41) is 0. The van der Waals surface area contributed by atoms with Gasteiger partial charge in [0, 0.05) is 6.04 Å². The van der Waals surface area contributed by atoms with Crippen LogP contribution in [-0.4, -0.2) is 12.6 Å². The zero-order valence-electron chi connectivity index (χ0n) is 10.1. The molecular formula is C13H19NO2. The molecule has 1 rings (SSSR count). The van der Waals surface area contributed by atoms with Crippen molar-refractivity contribution in [3.8, 4) is 0 Å². The molecule has 1 aromatic carbocycles. The average molecular weight is 221 g/mol. The lowest BCUT2D eigenvalue weighted by molar-refractivity contribution is 0.0526. The van der Waals surface area contributed by atoms with Gasteiger partial charge in [0.15, 0.2) is 0 Å². The van der Waals surface area contributed by atoms with Crippen molar-refractivity contribution in [2.45, 2.75) is 26.8 Å². The predicted molar refractivity (Wildman–Crippen MR) is 64.2 cm³/mol. The number of rotatable bonds is 4. The molecule has 0 radical (unpaired) electrons. The molecule has 0 heterocycles. The molecule has 88 valence electrons. The fourth-order valence-corrected chi connectivity index (χ4v) is 1.47. The number of carbonyl (C=O) groups excluding carboxylic acids is 1. The SMILES string of the molecule is CCOC(=O)c1cccc(C(N)C(C)C)c1. The largest absolute Gasteiger partial charge is 0.462 e. The second-order valence-electron chi connectivity index (χ2n) is 4.12. The summed E-state index contributed by atoms with van der Waals surface area (Å²) in [6.07, 6.45) is 0. The number of ether oxygens (including phenoxy) is 1. The number of nitrogens with two attached hydrogens (primary N) is 1. The highest BCUT2D eigenvalue weighted by atomic mass is 16.5. The maximum absolute atomic E-state index is 11.5. The molecular weight excluding hydrogens is 202 g/mol. The van der Waals surface area contributed by atoms with Crippen LogP contribution in [-0.2, 0) is 4.74 Å². The second-order valence-corrected chi connectivity index (χ2v) is 4.12. The molecule has 0 bridgehead atoms. The van der Waals surface area contributed by atoms with Crippen molar-refractivity contribution in [3.63, 3.8) is 0 Å². The molecule has 0 saturated carbocycles. The van der Waals surface area contributed by atoms with E-state index in [4.69, 9.17) is 10.5 Å². The van der Waals surface area contributed by atoms with E-state index in [9.17, 15) is 4.79 Å². The first kappa shape index (κ1) is 12.7. The van der Waals surface area contributed by atoms with Crippen LogP contribution in [0.4, 0.5) is 0 Å². The van der Waals surface area contributed by atoms with Crippen LogP contribution in [0.5, 0.6) is 0 Å². The van der Waals surface area contributed by atoms with E-state index in [1.54, 1.807) is 13.0 Å². The fourth-order valence-electron chi connectivity index (χ4n) is 1.47. The minimum absolute atomic E-state index is 0.0469. The summed E-state index contributed by atoms with van der Waals surface area (Å²) in [6.45, 7) is 6.30. The molecule has 0 aliphatic rings. The van der Waals surface area contributed by atoms with Gasteiger partial charge in [0.2, 0.25) is 0 Å². The summed E-state index contributed by atoms with van der Waals surface area (Å²) >= 11 is 0. The third kappa shape index (κ3) is 3.07. The summed E-state index contributed by atoms with van der Waals surface area (Å²) < 4.78 is 4.94. The van der Waals surface area contributed by atoms with Gasteiger partial charge in [-0.25, -0.2) is 4.79 Å². The first-order valence-corrected chi connectivity index (χ1v) is 5.59. The molecule has 0 aromatic heterocycles. The van der Waals surface area contributed by atoms with Crippen LogP contribution < -0.4 is 5.73 Å². The number of hydrogen-bond donors (Lipinski definition) is 1. The monoisotopic (exact) mass is 221 g/mol. The fraction of sp³-hybridized carbons (Fsp3) is 0.462. The van der Waals surface area contributed by atoms with Crippen molar-refractivity contribution in [1.29, 1.82) is 0 Å². The van der Waals surface area contributed by atoms with Crippen molar-refractivity contribution < 1.29 is 9.53 Å². The molecule has 0 fully saturated rings. The van der Waals surface area contributed by atoms with Crippen molar-refractivity contribution in [2.75, 3.05) is 6.61 Å². The van der Waals surface area contributed by atoms with Gasteiger partial charge in [-0.3, -0.25) is 0 Å². The first-order valence-electron chi connectivity index (χ1n) is 5.59. The Morgan fingerprint density at radius 3 is 2.69 bits per heavy atom. The summed E-state index contributed by atoms with van der Waals surface area (Å²) in [5.41, 5.74) is 7.57. The summed E-state index contributed by atoms with van der Waals surface area (Å²) in [6, 6.07) is 7.28. The standard InChI is InChI=1S/C13H19NO2/c1-4-16-13(15)11-7-5-6-10(8-11)12(14)9(2)3/h5-9,12H,4,14H2,1-3H3. The Kier molecular flexibility index (Phi) is 4.50. The van der Waals surface area contributed by atoms with Gasteiger partial charge in [-0.2, -0.15) is 0 Å². The topological polar surface area (TPSA) is 52.3 Å².